The zero-order chi connectivity index (χ0) is 14.8. The zero-order valence-electron chi connectivity index (χ0n) is 11.4. The molecule has 3 rings (SSSR count). The second kappa shape index (κ2) is 5.45. The van der Waals surface area contributed by atoms with Gasteiger partial charge in [-0.25, -0.2) is 19.0 Å². The molecule has 2 N–H and O–H groups in total. The zero-order valence-corrected chi connectivity index (χ0v) is 11.4. The fourth-order valence-corrected chi connectivity index (χ4v) is 2.00. The number of halogens is 1. The normalized spacial score (nSPS) is 12.5. The monoisotopic (exact) mass is 287 g/mol. The number of hydrogen-bond donors (Lipinski definition) is 2. The summed E-state index contributed by atoms with van der Waals surface area (Å²) in [6.45, 7) is 2.07. The number of fused-ring (bicyclic) bond motifs is 1. The van der Waals surface area contributed by atoms with Gasteiger partial charge in [-0.2, -0.15) is 5.10 Å². The molecule has 0 spiro atoms. The number of anilines is 1. The lowest BCUT2D eigenvalue weighted by atomic mass is 10.3. The molecule has 0 aliphatic heterocycles. The fourth-order valence-electron chi connectivity index (χ4n) is 2.00. The summed E-state index contributed by atoms with van der Waals surface area (Å²) < 4.78 is 14.6. The molecule has 0 saturated heterocycles. The van der Waals surface area contributed by atoms with E-state index in [2.05, 4.69) is 20.4 Å². The predicted octanol–water partition coefficient (Wildman–Crippen LogP) is 1.75. The molecule has 0 bridgehead atoms. The van der Waals surface area contributed by atoms with Crippen LogP contribution in [0.4, 0.5) is 10.2 Å². The molecule has 3 aromatic rings. The van der Waals surface area contributed by atoms with Crippen molar-refractivity contribution in [2.24, 2.45) is 0 Å². The number of nitrogens with zero attached hydrogens (tertiary/aromatic N) is 4. The first kappa shape index (κ1) is 13.4. The van der Waals surface area contributed by atoms with Crippen LogP contribution in [-0.4, -0.2) is 37.5 Å². The number of aliphatic hydroxyl groups is 1. The van der Waals surface area contributed by atoms with Crippen LogP contribution < -0.4 is 5.32 Å². The number of aliphatic hydroxyl groups excluding tert-OH is 1. The standard InChI is InChI=1S/C14H14FN5O/c1-9(21)6-16-13-12-7-19-20(14(12)18-8-17-13)11-4-2-10(15)3-5-11/h2-5,7-9,21H,6H2,1H3,(H,16,17,18). The van der Waals surface area contributed by atoms with Crippen molar-refractivity contribution in [3.8, 4) is 5.69 Å². The quantitative estimate of drug-likeness (QED) is 0.764. The van der Waals surface area contributed by atoms with Crippen LogP contribution in [0.2, 0.25) is 0 Å². The van der Waals surface area contributed by atoms with E-state index in [1.54, 1.807) is 29.9 Å². The summed E-state index contributed by atoms with van der Waals surface area (Å²) in [5, 5.41) is 17.4. The van der Waals surface area contributed by atoms with E-state index in [-0.39, 0.29) is 5.82 Å². The Hall–Kier alpha value is -2.54. The van der Waals surface area contributed by atoms with Gasteiger partial charge in [0, 0.05) is 6.54 Å². The SMILES string of the molecule is CC(O)CNc1ncnc2c1cnn2-c1ccc(F)cc1. The van der Waals surface area contributed by atoms with E-state index in [9.17, 15) is 9.50 Å². The Morgan fingerprint density at radius 1 is 1.29 bits per heavy atom. The van der Waals surface area contributed by atoms with E-state index in [1.165, 1.54) is 18.5 Å². The van der Waals surface area contributed by atoms with Crippen LogP contribution in [0.3, 0.4) is 0 Å². The molecule has 0 fully saturated rings. The van der Waals surface area contributed by atoms with Gasteiger partial charge in [0.1, 0.15) is 18.0 Å². The number of nitrogens with one attached hydrogen (secondary N) is 1. The lowest BCUT2D eigenvalue weighted by Gasteiger charge is -2.08. The van der Waals surface area contributed by atoms with Crippen LogP contribution in [-0.2, 0) is 0 Å². The van der Waals surface area contributed by atoms with Gasteiger partial charge in [0.2, 0.25) is 0 Å². The molecule has 0 aliphatic rings. The molecule has 7 heteroatoms. The Morgan fingerprint density at radius 2 is 2.05 bits per heavy atom. The van der Waals surface area contributed by atoms with Gasteiger partial charge in [-0.05, 0) is 31.2 Å². The van der Waals surface area contributed by atoms with Gasteiger partial charge >= 0.3 is 0 Å². The third-order valence-corrected chi connectivity index (χ3v) is 3.00. The Bertz CT molecular complexity index is 754. The maximum absolute atomic E-state index is 13.0. The first-order valence-corrected chi connectivity index (χ1v) is 6.52. The third kappa shape index (κ3) is 2.68. The molecule has 2 aromatic heterocycles. The van der Waals surface area contributed by atoms with Crippen molar-refractivity contribution >= 4 is 16.9 Å². The van der Waals surface area contributed by atoms with E-state index in [4.69, 9.17) is 0 Å². The highest BCUT2D eigenvalue weighted by molar-refractivity contribution is 5.87. The molecule has 0 radical (unpaired) electrons. The minimum Gasteiger partial charge on any atom is -0.392 e. The number of benzene rings is 1. The van der Waals surface area contributed by atoms with E-state index >= 15 is 0 Å². The van der Waals surface area contributed by atoms with Gasteiger partial charge in [0.05, 0.1) is 23.4 Å². The van der Waals surface area contributed by atoms with Crippen LogP contribution in [0.15, 0.2) is 36.8 Å². The van der Waals surface area contributed by atoms with Crippen LogP contribution in [0.5, 0.6) is 0 Å². The maximum atomic E-state index is 13.0. The van der Waals surface area contributed by atoms with E-state index in [1.807, 2.05) is 0 Å². The van der Waals surface area contributed by atoms with Crippen molar-refractivity contribution in [1.82, 2.24) is 19.7 Å². The largest absolute Gasteiger partial charge is 0.392 e. The van der Waals surface area contributed by atoms with Crippen molar-refractivity contribution in [2.45, 2.75) is 13.0 Å². The van der Waals surface area contributed by atoms with Crippen molar-refractivity contribution < 1.29 is 9.50 Å². The minimum absolute atomic E-state index is 0.302. The smallest absolute Gasteiger partial charge is 0.168 e. The molecule has 6 nitrogen and oxygen atoms in total. The average Bonchev–Trinajstić information content (AvgIpc) is 2.90. The average molecular weight is 287 g/mol. The molecular weight excluding hydrogens is 273 g/mol. The lowest BCUT2D eigenvalue weighted by molar-refractivity contribution is 0.208. The highest BCUT2D eigenvalue weighted by Gasteiger charge is 2.11. The fraction of sp³-hybridized carbons (Fsp3) is 0.214. The Labute approximate surface area is 120 Å². The minimum atomic E-state index is -0.484. The van der Waals surface area contributed by atoms with Gasteiger partial charge < -0.3 is 10.4 Å². The molecule has 2 heterocycles. The molecule has 21 heavy (non-hydrogen) atoms. The molecular formula is C14H14FN5O. The van der Waals surface area contributed by atoms with Gasteiger partial charge in [-0.3, -0.25) is 0 Å². The summed E-state index contributed by atoms with van der Waals surface area (Å²) in [4.78, 5) is 8.37. The molecule has 0 amide bonds. The lowest BCUT2D eigenvalue weighted by Crippen LogP contribution is -2.16. The molecule has 1 aromatic carbocycles. The van der Waals surface area contributed by atoms with E-state index in [0.29, 0.717) is 23.7 Å². The van der Waals surface area contributed by atoms with Crippen LogP contribution in [0, 0.1) is 5.82 Å². The number of rotatable bonds is 4. The van der Waals surface area contributed by atoms with Gasteiger partial charge in [-0.1, -0.05) is 0 Å². The van der Waals surface area contributed by atoms with Crippen LogP contribution >= 0.6 is 0 Å². The van der Waals surface area contributed by atoms with E-state index in [0.717, 1.165) is 5.39 Å². The van der Waals surface area contributed by atoms with E-state index < -0.39 is 6.10 Å². The maximum Gasteiger partial charge on any atom is 0.168 e. The van der Waals surface area contributed by atoms with Gasteiger partial charge in [-0.15, -0.1) is 0 Å². The van der Waals surface area contributed by atoms with Crippen LogP contribution in [0.25, 0.3) is 16.7 Å². The van der Waals surface area contributed by atoms with Crippen molar-refractivity contribution in [3.05, 3.63) is 42.6 Å². The second-order valence-electron chi connectivity index (χ2n) is 4.72. The highest BCUT2D eigenvalue weighted by atomic mass is 19.1. The predicted molar refractivity (Wildman–Crippen MR) is 76.8 cm³/mol. The topological polar surface area (TPSA) is 75.9 Å². The van der Waals surface area contributed by atoms with Crippen molar-refractivity contribution in [1.29, 1.82) is 0 Å². The molecule has 0 aliphatic carbocycles. The first-order chi connectivity index (χ1) is 10.1. The summed E-state index contributed by atoms with van der Waals surface area (Å²) in [5.74, 6) is 0.304. The van der Waals surface area contributed by atoms with Crippen molar-refractivity contribution in [2.75, 3.05) is 11.9 Å². The Morgan fingerprint density at radius 3 is 2.76 bits per heavy atom. The summed E-state index contributed by atoms with van der Waals surface area (Å²) in [5.41, 5.74) is 1.33. The third-order valence-electron chi connectivity index (χ3n) is 3.00. The molecule has 1 atom stereocenters. The van der Waals surface area contributed by atoms with Crippen molar-refractivity contribution in [3.63, 3.8) is 0 Å². The molecule has 1 unspecified atom stereocenters. The summed E-state index contributed by atoms with van der Waals surface area (Å²) >= 11 is 0. The summed E-state index contributed by atoms with van der Waals surface area (Å²) in [7, 11) is 0. The number of aromatic nitrogens is 4. The second-order valence-corrected chi connectivity index (χ2v) is 4.72. The molecule has 0 saturated carbocycles. The number of hydrogen-bond acceptors (Lipinski definition) is 5. The van der Waals surface area contributed by atoms with Crippen LogP contribution in [0.1, 0.15) is 6.92 Å². The summed E-state index contributed by atoms with van der Waals surface area (Å²) in [6, 6.07) is 6.01. The Kier molecular flexibility index (Phi) is 3.49. The first-order valence-electron chi connectivity index (χ1n) is 6.52. The molecule has 108 valence electrons. The summed E-state index contributed by atoms with van der Waals surface area (Å²) in [6.07, 6.45) is 2.58. The Balaban J connectivity index is 2.02. The highest BCUT2D eigenvalue weighted by Crippen LogP contribution is 2.21. The van der Waals surface area contributed by atoms with Gasteiger partial charge in [0.25, 0.3) is 0 Å². The van der Waals surface area contributed by atoms with Gasteiger partial charge in [0.15, 0.2) is 5.65 Å².